The van der Waals surface area contributed by atoms with Gasteiger partial charge in [0.15, 0.2) is 0 Å². The summed E-state index contributed by atoms with van der Waals surface area (Å²) in [6, 6.07) is 14.2. The first-order valence-corrected chi connectivity index (χ1v) is 7.70. The maximum absolute atomic E-state index is 13.2. The molecule has 124 valence electrons. The van der Waals surface area contributed by atoms with E-state index in [0.29, 0.717) is 31.6 Å². The lowest BCUT2D eigenvalue weighted by Gasteiger charge is -2.23. The minimum atomic E-state index is -0.713. The minimum absolute atomic E-state index is 0.0399. The Morgan fingerprint density at radius 2 is 1.83 bits per heavy atom. The zero-order valence-corrected chi connectivity index (χ0v) is 13.0. The van der Waals surface area contributed by atoms with Crippen molar-refractivity contribution in [3.8, 4) is 0 Å². The average molecular weight is 318 g/mol. The predicted octanol–water partition coefficient (Wildman–Crippen LogP) is 2.33. The lowest BCUT2D eigenvalue weighted by molar-refractivity contribution is 0.128. The minimum Gasteiger partial charge on any atom is -0.396 e. The van der Waals surface area contributed by atoms with E-state index < -0.39 is 11.9 Å². The van der Waals surface area contributed by atoms with Crippen LogP contribution in [0.4, 0.5) is 10.1 Å². The number of hydrogen-bond acceptors (Lipinski definition) is 4. The zero-order chi connectivity index (χ0) is 16.7. The van der Waals surface area contributed by atoms with Gasteiger partial charge in [-0.25, -0.2) is 4.39 Å². The van der Waals surface area contributed by atoms with Crippen LogP contribution >= 0.6 is 0 Å². The summed E-state index contributed by atoms with van der Waals surface area (Å²) in [6.45, 7) is 1.92. The average Bonchev–Trinajstić information content (AvgIpc) is 2.56. The first kappa shape index (κ1) is 17.4. The summed E-state index contributed by atoms with van der Waals surface area (Å²) < 4.78 is 13.2. The number of hydrogen-bond donors (Lipinski definition) is 3. The van der Waals surface area contributed by atoms with Crippen molar-refractivity contribution < 1.29 is 14.6 Å². The van der Waals surface area contributed by atoms with Gasteiger partial charge in [-0.05, 0) is 29.7 Å². The number of nitrogens with two attached hydrogens (primary N) is 1. The van der Waals surface area contributed by atoms with Crippen molar-refractivity contribution in [2.75, 3.05) is 25.4 Å². The number of nitrogen functional groups attached to an aromatic ring is 1. The molecule has 1 atom stereocenters. The fraction of sp³-hybridized carbons (Fsp3) is 0.333. The molecule has 0 aliphatic heterocycles. The van der Waals surface area contributed by atoms with Gasteiger partial charge in [-0.3, -0.25) is 4.90 Å². The summed E-state index contributed by atoms with van der Waals surface area (Å²) in [4.78, 5) is 2.07. The highest BCUT2D eigenvalue weighted by Crippen LogP contribution is 2.21. The molecule has 0 spiro atoms. The Labute approximate surface area is 136 Å². The van der Waals surface area contributed by atoms with Crippen molar-refractivity contribution in [3.05, 3.63) is 65.5 Å². The van der Waals surface area contributed by atoms with E-state index in [1.165, 1.54) is 12.1 Å². The molecule has 0 radical (unpaired) electrons. The molecule has 4 N–H and O–H groups in total. The third kappa shape index (κ3) is 5.32. The summed E-state index contributed by atoms with van der Waals surface area (Å²) in [5.74, 6) is -0.480. The van der Waals surface area contributed by atoms with E-state index in [2.05, 4.69) is 4.90 Å². The number of benzene rings is 2. The molecule has 0 amide bonds. The molecule has 0 aromatic heterocycles. The van der Waals surface area contributed by atoms with Crippen LogP contribution in [-0.4, -0.2) is 34.8 Å². The fourth-order valence-corrected chi connectivity index (χ4v) is 2.49. The van der Waals surface area contributed by atoms with E-state index in [4.69, 9.17) is 5.73 Å². The number of aliphatic hydroxyl groups excluding tert-OH is 2. The molecule has 2 rings (SSSR count). The Morgan fingerprint density at radius 1 is 1.09 bits per heavy atom. The van der Waals surface area contributed by atoms with Crippen molar-refractivity contribution >= 4 is 5.69 Å². The van der Waals surface area contributed by atoms with E-state index in [9.17, 15) is 14.6 Å². The quantitative estimate of drug-likeness (QED) is 0.653. The van der Waals surface area contributed by atoms with Gasteiger partial charge < -0.3 is 15.9 Å². The van der Waals surface area contributed by atoms with Crippen LogP contribution in [0.5, 0.6) is 0 Å². The van der Waals surface area contributed by atoms with Crippen molar-refractivity contribution in [2.45, 2.75) is 19.1 Å². The SMILES string of the molecule is Nc1cc(C(O)CCN(CCO)Cc2ccccc2)ccc1F. The monoisotopic (exact) mass is 318 g/mol. The normalized spacial score (nSPS) is 12.5. The van der Waals surface area contributed by atoms with Gasteiger partial charge in [0.2, 0.25) is 0 Å². The Bertz CT molecular complexity index is 607. The maximum atomic E-state index is 13.2. The molecular weight excluding hydrogens is 295 g/mol. The van der Waals surface area contributed by atoms with Gasteiger partial charge in [0, 0.05) is 19.6 Å². The molecule has 0 saturated heterocycles. The van der Waals surface area contributed by atoms with E-state index in [1.807, 2.05) is 30.3 Å². The smallest absolute Gasteiger partial charge is 0.146 e. The Kier molecular flexibility index (Phi) is 6.52. The molecule has 2 aromatic rings. The molecule has 0 bridgehead atoms. The molecule has 4 nitrogen and oxygen atoms in total. The van der Waals surface area contributed by atoms with Crippen LogP contribution in [-0.2, 0) is 6.54 Å². The molecule has 23 heavy (non-hydrogen) atoms. The summed E-state index contributed by atoms with van der Waals surface area (Å²) in [6.07, 6.45) is -0.229. The van der Waals surface area contributed by atoms with Gasteiger partial charge in [0.1, 0.15) is 5.82 Å². The summed E-state index contributed by atoms with van der Waals surface area (Å²) in [5.41, 5.74) is 7.33. The number of rotatable bonds is 8. The van der Waals surface area contributed by atoms with Crippen LogP contribution in [0, 0.1) is 5.82 Å². The largest absolute Gasteiger partial charge is 0.396 e. The highest BCUT2D eigenvalue weighted by atomic mass is 19.1. The first-order valence-electron chi connectivity index (χ1n) is 7.70. The lowest BCUT2D eigenvalue weighted by Crippen LogP contribution is -2.28. The van der Waals surface area contributed by atoms with Crippen LogP contribution in [0.25, 0.3) is 0 Å². The standard InChI is InChI=1S/C18H23FN2O2/c19-16-7-6-15(12-17(16)20)18(23)8-9-21(10-11-22)13-14-4-2-1-3-5-14/h1-7,12,18,22-23H,8-11,13,20H2. The van der Waals surface area contributed by atoms with Crippen LogP contribution in [0.1, 0.15) is 23.7 Å². The summed E-state index contributed by atoms with van der Waals surface area (Å²) in [7, 11) is 0. The van der Waals surface area contributed by atoms with Gasteiger partial charge >= 0.3 is 0 Å². The lowest BCUT2D eigenvalue weighted by atomic mass is 10.1. The van der Waals surface area contributed by atoms with Crippen LogP contribution in [0.3, 0.4) is 0 Å². The fourth-order valence-electron chi connectivity index (χ4n) is 2.49. The predicted molar refractivity (Wildman–Crippen MR) is 89.2 cm³/mol. The second-order valence-electron chi connectivity index (χ2n) is 5.57. The number of anilines is 1. The molecule has 2 aromatic carbocycles. The third-order valence-electron chi connectivity index (χ3n) is 3.79. The second kappa shape index (κ2) is 8.62. The Morgan fingerprint density at radius 3 is 2.48 bits per heavy atom. The highest BCUT2D eigenvalue weighted by Gasteiger charge is 2.13. The molecule has 1 unspecified atom stereocenters. The number of nitrogens with zero attached hydrogens (tertiary/aromatic N) is 1. The molecular formula is C18H23FN2O2. The van der Waals surface area contributed by atoms with E-state index in [1.54, 1.807) is 6.07 Å². The molecule has 0 aliphatic carbocycles. The second-order valence-corrected chi connectivity index (χ2v) is 5.57. The molecule has 0 fully saturated rings. The van der Waals surface area contributed by atoms with Gasteiger partial charge in [-0.1, -0.05) is 36.4 Å². The number of aliphatic hydroxyl groups is 2. The Hall–Kier alpha value is -1.95. The van der Waals surface area contributed by atoms with Gasteiger partial charge in [-0.15, -0.1) is 0 Å². The first-order chi connectivity index (χ1) is 11.1. The van der Waals surface area contributed by atoms with Crippen LogP contribution in [0.15, 0.2) is 48.5 Å². The third-order valence-corrected chi connectivity index (χ3v) is 3.79. The van der Waals surface area contributed by atoms with E-state index in [-0.39, 0.29) is 12.3 Å². The number of halogens is 1. The van der Waals surface area contributed by atoms with E-state index >= 15 is 0 Å². The van der Waals surface area contributed by atoms with Crippen LogP contribution < -0.4 is 5.73 Å². The molecule has 0 heterocycles. The van der Waals surface area contributed by atoms with Crippen molar-refractivity contribution in [1.29, 1.82) is 0 Å². The van der Waals surface area contributed by atoms with Crippen LogP contribution in [0.2, 0.25) is 0 Å². The Balaban J connectivity index is 1.93. The van der Waals surface area contributed by atoms with Crippen molar-refractivity contribution in [2.24, 2.45) is 0 Å². The topological polar surface area (TPSA) is 69.7 Å². The maximum Gasteiger partial charge on any atom is 0.146 e. The zero-order valence-electron chi connectivity index (χ0n) is 13.0. The molecule has 5 heteroatoms. The van der Waals surface area contributed by atoms with Gasteiger partial charge in [0.25, 0.3) is 0 Å². The molecule has 0 saturated carbocycles. The van der Waals surface area contributed by atoms with Gasteiger partial charge in [0.05, 0.1) is 18.4 Å². The van der Waals surface area contributed by atoms with Gasteiger partial charge in [-0.2, -0.15) is 0 Å². The molecule has 0 aliphatic rings. The van der Waals surface area contributed by atoms with E-state index in [0.717, 1.165) is 5.56 Å². The van der Waals surface area contributed by atoms with Crippen molar-refractivity contribution in [3.63, 3.8) is 0 Å². The highest BCUT2D eigenvalue weighted by molar-refractivity contribution is 5.43. The van der Waals surface area contributed by atoms with Crippen molar-refractivity contribution in [1.82, 2.24) is 4.90 Å². The summed E-state index contributed by atoms with van der Waals surface area (Å²) in [5, 5.41) is 19.5. The summed E-state index contributed by atoms with van der Waals surface area (Å²) >= 11 is 0.